The maximum Gasteiger partial charge on any atom is 0.273 e. The van der Waals surface area contributed by atoms with Crippen LogP contribution in [0, 0.1) is 30.9 Å². The maximum atomic E-state index is 12.0. The number of nitrogens with one attached hydrogen (secondary N) is 1. The number of amides is 1. The molecule has 1 aromatic heterocycles. The van der Waals surface area contributed by atoms with Crippen LogP contribution >= 0.6 is 0 Å². The van der Waals surface area contributed by atoms with E-state index in [-0.39, 0.29) is 24.0 Å². The van der Waals surface area contributed by atoms with E-state index in [1.165, 1.54) is 18.2 Å². The Balaban J connectivity index is 2.01. The number of benzene rings is 1. The lowest BCUT2D eigenvalue weighted by Gasteiger charge is -2.12. The van der Waals surface area contributed by atoms with E-state index >= 15 is 0 Å². The third-order valence-electron chi connectivity index (χ3n) is 3.19. The van der Waals surface area contributed by atoms with Crippen LogP contribution < -0.4 is 10.1 Å². The number of aryl methyl sites for hydroxylation is 3. The molecule has 0 atom stereocenters. The van der Waals surface area contributed by atoms with Crippen molar-refractivity contribution in [1.29, 1.82) is 0 Å². The standard InChI is InChI=1S/C16H17N3O4/c1-10-7-11(2)17-12(3)16(10)18-15(20)9-23-14-6-4-5-13(8-14)19(21)22/h4-8H,9H2,1-3H3,(H,18,20). The zero-order valence-corrected chi connectivity index (χ0v) is 13.1. The van der Waals surface area contributed by atoms with Crippen molar-refractivity contribution in [2.75, 3.05) is 11.9 Å². The smallest absolute Gasteiger partial charge is 0.273 e. The summed E-state index contributed by atoms with van der Waals surface area (Å²) in [5.41, 5.74) is 3.09. The van der Waals surface area contributed by atoms with E-state index in [0.717, 1.165) is 17.0 Å². The van der Waals surface area contributed by atoms with Gasteiger partial charge in [0.2, 0.25) is 0 Å². The number of nitro benzene ring substituents is 1. The van der Waals surface area contributed by atoms with Crippen molar-refractivity contribution in [2.24, 2.45) is 0 Å². The number of pyridine rings is 1. The third-order valence-corrected chi connectivity index (χ3v) is 3.19. The first-order valence-electron chi connectivity index (χ1n) is 6.99. The van der Waals surface area contributed by atoms with Crippen LogP contribution in [0.4, 0.5) is 11.4 Å². The lowest BCUT2D eigenvalue weighted by atomic mass is 10.1. The molecule has 0 saturated heterocycles. The number of anilines is 1. The summed E-state index contributed by atoms with van der Waals surface area (Å²) >= 11 is 0. The molecule has 0 bridgehead atoms. The quantitative estimate of drug-likeness (QED) is 0.676. The largest absolute Gasteiger partial charge is 0.484 e. The fourth-order valence-electron chi connectivity index (χ4n) is 2.22. The second-order valence-corrected chi connectivity index (χ2v) is 5.13. The molecule has 2 aromatic rings. The number of nitrogens with zero attached hydrogens (tertiary/aromatic N) is 2. The minimum Gasteiger partial charge on any atom is -0.484 e. The SMILES string of the molecule is Cc1cc(C)c(NC(=O)COc2cccc([N+](=O)[O-])c2)c(C)n1. The van der Waals surface area contributed by atoms with Gasteiger partial charge in [0.15, 0.2) is 6.61 Å². The van der Waals surface area contributed by atoms with Crippen LogP contribution in [-0.4, -0.2) is 22.4 Å². The first-order chi connectivity index (χ1) is 10.9. The minimum absolute atomic E-state index is 0.0858. The molecular weight excluding hydrogens is 298 g/mol. The van der Waals surface area contributed by atoms with Gasteiger partial charge in [-0.2, -0.15) is 0 Å². The van der Waals surface area contributed by atoms with Gasteiger partial charge in [0.1, 0.15) is 5.75 Å². The molecule has 2 rings (SSSR count). The highest BCUT2D eigenvalue weighted by atomic mass is 16.6. The normalized spacial score (nSPS) is 10.2. The number of nitro groups is 1. The molecule has 0 aliphatic rings. The molecule has 1 amide bonds. The molecule has 120 valence electrons. The average Bonchev–Trinajstić information content (AvgIpc) is 2.49. The second-order valence-electron chi connectivity index (χ2n) is 5.13. The Kier molecular flexibility index (Phi) is 4.90. The van der Waals surface area contributed by atoms with Gasteiger partial charge in [-0.3, -0.25) is 19.9 Å². The first kappa shape index (κ1) is 16.4. The Hall–Kier alpha value is -2.96. The monoisotopic (exact) mass is 315 g/mol. The predicted molar refractivity (Wildman–Crippen MR) is 85.7 cm³/mol. The molecule has 0 radical (unpaired) electrons. The van der Waals surface area contributed by atoms with E-state index in [4.69, 9.17) is 4.74 Å². The molecule has 1 N–H and O–H groups in total. The molecule has 0 aliphatic heterocycles. The Morgan fingerprint density at radius 2 is 2.04 bits per heavy atom. The second kappa shape index (κ2) is 6.87. The van der Waals surface area contributed by atoms with E-state index in [2.05, 4.69) is 10.3 Å². The molecule has 0 saturated carbocycles. The molecule has 7 heteroatoms. The molecule has 0 spiro atoms. The van der Waals surface area contributed by atoms with Crippen molar-refractivity contribution in [1.82, 2.24) is 4.98 Å². The van der Waals surface area contributed by atoms with E-state index in [0.29, 0.717) is 5.69 Å². The average molecular weight is 315 g/mol. The number of aromatic nitrogens is 1. The van der Waals surface area contributed by atoms with Crippen molar-refractivity contribution in [3.05, 3.63) is 57.4 Å². The van der Waals surface area contributed by atoms with E-state index in [9.17, 15) is 14.9 Å². The summed E-state index contributed by atoms with van der Waals surface area (Å²) in [5, 5.41) is 13.5. The highest BCUT2D eigenvalue weighted by Gasteiger charge is 2.11. The minimum atomic E-state index is -0.516. The van der Waals surface area contributed by atoms with Gasteiger partial charge in [-0.05, 0) is 38.5 Å². The van der Waals surface area contributed by atoms with Gasteiger partial charge in [-0.25, -0.2) is 0 Å². The third kappa shape index (κ3) is 4.26. The van der Waals surface area contributed by atoms with Gasteiger partial charge in [0.25, 0.3) is 11.6 Å². The van der Waals surface area contributed by atoms with Crippen LogP contribution in [-0.2, 0) is 4.79 Å². The van der Waals surface area contributed by atoms with Gasteiger partial charge in [0, 0.05) is 11.8 Å². The number of ether oxygens (including phenoxy) is 1. The van der Waals surface area contributed by atoms with Crippen LogP contribution in [0.25, 0.3) is 0 Å². The number of hydrogen-bond donors (Lipinski definition) is 1. The number of non-ortho nitro benzene ring substituents is 1. The Morgan fingerprint density at radius 3 is 2.70 bits per heavy atom. The highest BCUT2D eigenvalue weighted by Crippen LogP contribution is 2.20. The van der Waals surface area contributed by atoms with E-state index < -0.39 is 4.92 Å². The van der Waals surface area contributed by atoms with E-state index in [1.807, 2.05) is 26.8 Å². The summed E-state index contributed by atoms with van der Waals surface area (Å²) in [6.45, 7) is 5.35. The Labute approximate surface area is 133 Å². The number of rotatable bonds is 5. The molecule has 0 aliphatic carbocycles. The number of carbonyl (C=O) groups is 1. The predicted octanol–water partition coefficient (Wildman–Crippen LogP) is 2.93. The van der Waals surface area contributed by atoms with Crippen molar-refractivity contribution in [3.63, 3.8) is 0 Å². The van der Waals surface area contributed by atoms with Gasteiger partial charge >= 0.3 is 0 Å². The van der Waals surface area contributed by atoms with Gasteiger partial charge < -0.3 is 10.1 Å². The summed E-state index contributed by atoms with van der Waals surface area (Å²) < 4.78 is 5.30. The summed E-state index contributed by atoms with van der Waals surface area (Å²) in [4.78, 5) is 26.5. The Morgan fingerprint density at radius 1 is 1.30 bits per heavy atom. The fraction of sp³-hybridized carbons (Fsp3) is 0.250. The maximum absolute atomic E-state index is 12.0. The molecule has 7 nitrogen and oxygen atoms in total. The van der Waals surface area contributed by atoms with Gasteiger partial charge in [-0.1, -0.05) is 6.07 Å². The Bertz CT molecular complexity index is 736. The summed E-state index contributed by atoms with van der Waals surface area (Å²) in [5.74, 6) is -0.0850. The molecule has 1 aromatic carbocycles. The number of carbonyl (C=O) groups excluding carboxylic acids is 1. The lowest BCUT2D eigenvalue weighted by Crippen LogP contribution is -2.21. The van der Waals surface area contributed by atoms with Crippen LogP contribution in [0.2, 0.25) is 0 Å². The first-order valence-corrected chi connectivity index (χ1v) is 6.99. The van der Waals surface area contributed by atoms with Crippen molar-refractivity contribution >= 4 is 17.3 Å². The molecule has 0 unspecified atom stereocenters. The summed E-state index contributed by atoms with van der Waals surface area (Å²) in [7, 11) is 0. The molecule has 23 heavy (non-hydrogen) atoms. The van der Waals surface area contributed by atoms with Gasteiger partial charge in [0.05, 0.1) is 22.4 Å². The molecular formula is C16H17N3O4. The van der Waals surface area contributed by atoms with Crippen LogP contribution in [0.5, 0.6) is 5.75 Å². The lowest BCUT2D eigenvalue weighted by molar-refractivity contribution is -0.384. The van der Waals surface area contributed by atoms with Crippen LogP contribution in [0.15, 0.2) is 30.3 Å². The van der Waals surface area contributed by atoms with E-state index in [1.54, 1.807) is 6.07 Å². The number of hydrogen-bond acceptors (Lipinski definition) is 5. The summed E-state index contributed by atoms with van der Waals surface area (Å²) in [6.07, 6.45) is 0. The topological polar surface area (TPSA) is 94.4 Å². The zero-order chi connectivity index (χ0) is 17.0. The molecule has 0 fully saturated rings. The highest BCUT2D eigenvalue weighted by molar-refractivity contribution is 5.93. The zero-order valence-electron chi connectivity index (χ0n) is 13.1. The van der Waals surface area contributed by atoms with Crippen molar-refractivity contribution in [3.8, 4) is 5.75 Å². The van der Waals surface area contributed by atoms with Crippen molar-refractivity contribution in [2.45, 2.75) is 20.8 Å². The summed E-state index contributed by atoms with van der Waals surface area (Å²) in [6, 6.07) is 7.58. The van der Waals surface area contributed by atoms with Crippen LogP contribution in [0.1, 0.15) is 17.0 Å². The van der Waals surface area contributed by atoms with Crippen molar-refractivity contribution < 1.29 is 14.5 Å². The van der Waals surface area contributed by atoms with Crippen LogP contribution in [0.3, 0.4) is 0 Å². The fourth-order valence-corrected chi connectivity index (χ4v) is 2.22. The molecule has 1 heterocycles. The van der Waals surface area contributed by atoms with Gasteiger partial charge in [-0.15, -0.1) is 0 Å².